The van der Waals surface area contributed by atoms with E-state index in [9.17, 15) is 0 Å². The molecule has 0 radical (unpaired) electrons. The molecule has 0 amide bonds. The second-order valence-corrected chi connectivity index (χ2v) is 6.47. The van der Waals surface area contributed by atoms with Crippen molar-refractivity contribution in [2.24, 2.45) is 11.8 Å². The highest BCUT2D eigenvalue weighted by molar-refractivity contribution is 6.35. The average Bonchev–Trinajstić information content (AvgIpc) is 2.30. The van der Waals surface area contributed by atoms with Gasteiger partial charge in [0.1, 0.15) is 12.4 Å². The van der Waals surface area contributed by atoms with Crippen LogP contribution in [0.5, 0.6) is 5.75 Å². The van der Waals surface area contributed by atoms with E-state index in [-0.39, 0.29) is 0 Å². The van der Waals surface area contributed by atoms with E-state index in [1.165, 1.54) is 19.5 Å². The summed E-state index contributed by atoms with van der Waals surface area (Å²) in [4.78, 5) is 2.47. The Hall–Kier alpha value is -0.440. The maximum absolute atomic E-state index is 6.07. The van der Waals surface area contributed by atoms with E-state index in [1.807, 2.05) is 6.07 Å². The lowest BCUT2D eigenvalue weighted by Crippen LogP contribution is -2.40. The Morgan fingerprint density at radius 1 is 1.21 bits per heavy atom. The van der Waals surface area contributed by atoms with E-state index in [0.29, 0.717) is 22.4 Å². The fourth-order valence-electron chi connectivity index (χ4n) is 2.85. The van der Waals surface area contributed by atoms with Crippen molar-refractivity contribution < 1.29 is 4.74 Å². The largest absolute Gasteiger partial charge is 0.491 e. The molecule has 2 atom stereocenters. The summed E-state index contributed by atoms with van der Waals surface area (Å²) in [5, 5.41) is 1.21. The van der Waals surface area contributed by atoms with Crippen LogP contribution in [0.1, 0.15) is 20.3 Å². The standard InChI is InChI=1S/C15H21Cl2NO/c1-11-7-12(2)10-18(9-11)5-6-19-15-4-3-13(16)8-14(15)17/h3-4,8,11-12H,5-7,9-10H2,1-2H3/t11-,12-/m0/s1. The van der Waals surface area contributed by atoms with Gasteiger partial charge in [-0.15, -0.1) is 0 Å². The predicted octanol–water partition coefficient (Wildman–Crippen LogP) is 4.35. The Bertz CT molecular complexity index is 415. The highest BCUT2D eigenvalue weighted by Gasteiger charge is 2.21. The number of likely N-dealkylation sites (tertiary alicyclic amines) is 1. The molecule has 1 aromatic carbocycles. The second kappa shape index (κ2) is 6.83. The number of piperidine rings is 1. The van der Waals surface area contributed by atoms with Gasteiger partial charge in [-0.3, -0.25) is 4.90 Å². The zero-order valence-electron chi connectivity index (χ0n) is 11.5. The minimum atomic E-state index is 0.577. The normalized spacial score (nSPS) is 24.4. The van der Waals surface area contributed by atoms with Crippen LogP contribution < -0.4 is 4.74 Å². The quantitative estimate of drug-likeness (QED) is 0.820. The van der Waals surface area contributed by atoms with Crippen molar-refractivity contribution in [3.8, 4) is 5.75 Å². The first-order valence-electron chi connectivity index (χ1n) is 6.85. The van der Waals surface area contributed by atoms with Crippen molar-refractivity contribution in [3.05, 3.63) is 28.2 Å². The van der Waals surface area contributed by atoms with Crippen LogP contribution in [-0.2, 0) is 0 Å². The molecule has 1 saturated heterocycles. The van der Waals surface area contributed by atoms with Gasteiger partial charge >= 0.3 is 0 Å². The van der Waals surface area contributed by atoms with Crippen LogP contribution >= 0.6 is 23.2 Å². The first kappa shape index (κ1) is 15.0. The zero-order chi connectivity index (χ0) is 13.8. The van der Waals surface area contributed by atoms with Crippen molar-refractivity contribution in [2.75, 3.05) is 26.2 Å². The molecular formula is C15H21Cl2NO. The summed E-state index contributed by atoms with van der Waals surface area (Å²) in [5.41, 5.74) is 0. The molecule has 106 valence electrons. The Kier molecular flexibility index (Phi) is 5.37. The minimum absolute atomic E-state index is 0.577. The maximum atomic E-state index is 6.07. The SMILES string of the molecule is C[C@H]1C[C@H](C)CN(CCOc2ccc(Cl)cc2Cl)C1. The van der Waals surface area contributed by atoms with Gasteiger partial charge in [0.15, 0.2) is 0 Å². The highest BCUT2D eigenvalue weighted by Crippen LogP contribution is 2.27. The van der Waals surface area contributed by atoms with E-state index in [4.69, 9.17) is 27.9 Å². The van der Waals surface area contributed by atoms with Crippen molar-refractivity contribution in [1.82, 2.24) is 4.90 Å². The van der Waals surface area contributed by atoms with Crippen LogP contribution in [0.15, 0.2) is 18.2 Å². The van der Waals surface area contributed by atoms with Crippen LogP contribution in [-0.4, -0.2) is 31.1 Å². The summed E-state index contributed by atoms with van der Waals surface area (Å²) in [7, 11) is 0. The Balaban J connectivity index is 1.80. The van der Waals surface area contributed by atoms with Crippen LogP contribution in [0.4, 0.5) is 0 Å². The van der Waals surface area contributed by atoms with Crippen molar-refractivity contribution in [2.45, 2.75) is 20.3 Å². The number of ether oxygens (including phenoxy) is 1. The first-order chi connectivity index (χ1) is 9.04. The number of hydrogen-bond donors (Lipinski definition) is 0. The van der Waals surface area contributed by atoms with E-state index in [0.717, 1.165) is 18.4 Å². The van der Waals surface area contributed by atoms with Gasteiger partial charge in [0, 0.05) is 24.7 Å². The number of benzene rings is 1. The number of halogens is 2. The molecule has 0 saturated carbocycles. The molecule has 1 heterocycles. The topological polar surface area (TPSA) is 12.5 Å². The molecule has 1 aliphatic heterocycles. The van der Waals surface area contributed by atoms with Gasteiger partial charge in [0.25, 0.3) is 0 Å². The van der Waals surface area contributed by atoms with Gasteiger partial charge < -0.3 is 4.74 Å². The molecule has 2 nitrogen and oxygen atoms in total. The molecule has 0 spiro atoms. The van der Waals surface area contributed by atoms with Crippen LogP contribution in [0.3, 0.4) is 0 Å². The van der Waals surface area contributed by atoms with Gasteiger partial charge in [-0.2, -0.15) is 0 Å². The molecule has 0 N–H and O–H groups in total. The molecule has 0 bridgehead atoms. The maximum Gasteiger partial charge on any atom is 0.138 e. The van der Waals surface area contributed by atoms with E-state index >= 15 is 0 Å². The third kappa shape index (κ3) is 4.55. The van der Waals surface area contributed by atoms with Crippen LogP contribution in [0, 0.1) is 11.8 Å². The zero-order valence-corrected chi connectivity index (χ0v) is 13.0. The molecule has 1 aliphatic rings. The lowest BCUT2D eigenvalue weighted by molar-refractivity contribution is 0.120. The Labute approximate surface area is 125 Å². The van der Waals surface area contributed by atoms with Gasteiger partial charge in [-0.05, 0) is 36.5 Å². The fourth-order valence-corrected chi connectivity index (χ4v) is 3.31. The second-order valence-electron chi connectivity index (χ2n) is 5.63. The Morgan fingerprint density at radius 2 is 1.89 bits per heavy atom. The molecule has 1 fully saturated rings. The molecule has 0 unspecified atom stereocenters. The van der Waals surface area contributed by atoms with E-state index in [2.05, 4.69) is 18.7 Å². The summed E-state index contributed by atoms with van der Waals surface area (Å²) in [6, 6.07) is 5.34. The third-order valence-electron chi connectivity index (χ3n) is 3.50. The fraction of sp³-hybridized carbons (Fsp3) is 0.600. The van der Waals surface area contributed by atoms with E-state index in [1.54, 1.807) is 12.1 Å². The average molecular weight is 302 g/mol. The first-order valence-corrected chi connectivity index (χ1v) is 7.60. The number of rotatable bonds is 4. The summed E-state index contributed by atoms with van der Waals surface area (Å²) in [6.45, 7) is 8.59. The number of hydrogen-bond acceptors (Lipinski definition) is 2. The van der Waals surface area contributed by atoms with E-state index < -0.39 is 0 Å². The summed E-state index contributed by atoms with van der Waals surface area (Å²) in [6.07, 6.45) is 1.33. The molecule has 2 rings (SSSR count). The molecular weight excluding hydrogens is 281 g/mol. The van der Waals surface area contributed by atoms with Crippen LogP contribution in [0.25, 0.3) is 0 Å². The summed E-state index contributed by atoms with van der Waals surface area (Å²) >= 11 is 11.9. The molecule has 1 aromatic rings. The third-order valence-corrected chi connectivity index (χ3v) is 4.03. The van der Waals surface area contributed by atoms with Crippen molar-refractivity contribution in [1.29, 1.82) is 0 Å². The van der Waals surface area contributed by atoms with Crippen LogP contribution in [0.2, 0.25) is 10.0 Å². The highest BCUT2D eigenvalue weighted by atomic mass is 35.5. The van der Waals surface area contributed by atoms with Gasteiger partial charge in [-0.25, -0.2) is 0 Å². The van der Waals surface area contributed by atoms with Crippen molar-refractivity contribution in [3.63, 3.8) is 0 Å². The lowest BCUT2D eigenvalue weighted by atomic mass is 9.92. The van der Waals surface area contributed by atoms with Gasteiger partial charge in [0.2, 0.25) is 0 Å². The van der Waals surface area contributed by atoms with Crippen molar-refractivity contribution >= 4 is 23.2 Å². The minimum Gasteiger partial charge on any atom is -0.491 e. The Morgan fingerprint density at radius 3 is 2.53 bits per heavy atom. The molecule has 0 aliphatic carbocycles. The lowest BCUT2D eigenvalue weighted by Gasteiger charge is -2.34. The molecule has 0 aromatic heterocycles. The molecule has 19 heavy (non-hydrogen) atoms. The van der Waals surface area contributed by atoms with Gasteiger partial charge in [0.05, 0.1) is 5.02 Å². The predicted molar refractivity (Wildman–Crippen MR) is 81.3 cm³/mol. The summed E-state index contributed by atoms with van der Waals surface area (Å²) in [5.74, 6) is 2.27. The summed E-state index contributed by atoms with van der Waals surface area (Å²) < 4.78 is 5.73. The monoisotopic (exact) mass is 301 g/mol. The number of nitrogens with zero attached hydrogens (tertiary/aromatic N) is 1. The smallest absolute Gasteiger partial charge is 0.138 e. The molecule has 4 heteroatoms. The van der Waals surface area contributed by atoms with Gasteiger partial charge in [-0.1, -0.05) is 37.0 Å².